The highest BCUT2D eigenvalue weighted by Gasteiger charge is 2.55. The minimum Gasteiger partial charge on any atom is -0.468 e. The molecule has 2 unspecified atom stereocenters. The van der Waals surface area contributed by atoms with Crippen molar-refractivity contribution in [3.63, 3.8) is 0 Å². The van der Waals surface area contributed by atoms with Gasteiger partial charge in [-0.3, -0.25) is 9.59 Å². The van der Waals surface area contributed by atoms with Crippen molar-refractivity contribution in [1.82, 2.24) is 0 Å². The van der Waals surface area contributed by atoms with E-state index in [2.05, 4.69) is 0 Å². The van der Waals surface area contributed by atoms with E-state index in [-0.39, 0.29) is 18.4 Å². The third kappa shape index (κ3) is 2.35. The van der Waals surface area contributed by atoms with Crippen LogP contribution < -0.4 is 0 Å². The van der Waals surface area contributed by atoms with Crippen molar-refractivity contribution in [1.29, 1.82) is 0 Å². The number of carbonyl (C=O) groups is 2. The Kier molecular flexibility index (Phi) is 3.88. The number of benzene rings is 1. The maximum Gasteiger partial charge on any atom is 0.316 e. The standard InChI is InChI=1S/C15H18O4/c1-3-9-15(14(17)18-2)10-12(16)19-13(15)11-7-5-4-6-8-11/h4-8,13H,3,9-10H2,1-2H3. The van der Waals surface area contributed by atoms with E-state index in [4.69, 9.17) is 9.47 Å². The molecule has 0 saturated carbocycles. The van der Waals surface area contributed by atoms with Gasteiger partial charge in [0.1, 0.15) is 11.5 Å². The summed E-state index contributed by atoms with van der Waals surface area (Å²) in [7, 11) is 1.35. The van der Waals surface area contributed by atoms with Crippen molar-refractivity contribution in [2.45, 2.75) is 32.3 Å². The number of cyclic esters (lactones) is 1. The Balaban J connectivity index is 2.44. The molecule has 1 aliphatic rings. The summed E-state index contributed by atoms with van der Waals surface area (Å²) in [5.41, 5.74) is -0.0470. The van der Waals surface area contributed by atoms with Crippen LogP contribution in [0, 0.1) is 5.41 Å². The second-order valence-electron chi connectivity index (χ2n) is 4.86. The predicted octanol–water partition coefficient (Wildman–Crippen LogP) is 2.63. The summed E-state index contributed by atoms with van der Waals surface area (Å²) in [6.07, 6.45) is 0.904. The minimum atomic E-state index is -0.887. The first-order chi connectivity index (χ1) is 9.14. The zero-order valence-electron chi connectivity index (χ0n) is 11.2. The van der Waals surface area contributed by atoms with Crippen LogP contribution in [0.1, 0.15) is 37.9 Å². The third-order valence-electron chi connectivity index (χ3n) is 3.60. The topological polar surface area (TPSA) is 52.6 Å². The van der Waals surface area contributed by atoms with Gasteiger partial charge in [-0.15, -0.1) is 0 Å². The molecular formula is C15H18O4. The van der Waals surface area contributed by atoms with Gasteiger partial charge in [0.05, 0.1) is 13.5 Å². The number of hydrogen-bond acceptors (Lipinski definition) is 4. The molecule has 1 aromatic rings. The van der Waals surface area contributed by atoms with E-state index < -0.39 is 11.5 Å². The Bertz CT molecular complexity index is 468. The average molecular weight is 262 g/mol. The highest BCUT2D eigenvalue weighted by atomic mass is 16.6. The Morgan fingerprint density at radius 3 is 2.68 bits per heavy atom. The van der Waals surface area contributed by atoms with E-state index in [0.29, 0.717) is 6.42 Å². The summed E-state index contributed by atoms with van der Waals surface area (Å²) < 4.78 is 10.3. The molecule has 1 aromatic carbocycles. The van der Waals surface area contributed by atoms with Gasteiger partial charge in [0.2, 0.25) is 0 Å². The van der Waals surface area contributed by atoms with Gasteiger partial charge < -0.3 is 9.47 Å². The van der Waals surface area contributed by atoms with Gasteiger partial charge in [0.25, 0.3) is 0 Å². The summed E-state index contributed by atoms with van der Waals surface area (Å²) in [5, 5.41) is 0. The molecule has 0 amide bonds. The maximum absolute atomic E-state index is 12.2. The minimum absolute atomic E-state index is 0.0904. The van der Waals surface area contributed by atoms with Crippen LogP contribution >= 0.6 is 0 Å². The van der Waals surface area contributed by atoms with Gasteiger partial charge in [0, 0.05) is 0 Å². The van der Waals surface area contributed by atoms with Gasteiger partial charge in [-0.1, -0.05) is 43.7 Å². The molecule has 0 radical (unpaired) electrons. The van der Waals surface area contributed by atoms with E-state index in [1.165, 1.54) is 7.11 Å². The summed E-state index contributed by atoms with van der Waals surface area (Å²) >= 11 is 0. The van der Waals surface area contributed by atoms with Gasteiger partial charge in [0.15, 0.2) is 0 Å². The maximum atomic E-state index is 12.2. The summed E-state index contributed by atoms with van der Waals surface area (Å²) in [5.74, 6) is -0.707. The molecule has 0 bridgehead atoms. The molecule has 102 valence electrons. The van der Waals surface area contributed by atoms with Crippen LogP contribution in [0.2, 0.25) is 0 Å². The van der Waals surface area contributed by atoms with Crippen LogP contribution in [-0.4, -0.2) is 19.0 Å². The number of hydrogen-bond donors (Lipinski definition) is 0. The molecule has 0 spiro atoms. The van der Waals surface area contributed by atoms with Crippen LogP contribution in [0.4, 0.5) is 0 Å². The number of esters is 2. The largest absolute Gasteiger partial charge is 0.468 e. The third-order valence-corrected chi connectivity index (χ3v) is 3.60. The Labute approximate surface area is 112 Å². The van der Waals surface area contributed by atoms with Crippen LogP contribution in [0.5, 0.6) is 0 Å². The second kappa shape index (κ2) is 5.43. The highest BCUT2D eigenvalue weighted by molar-refractivity contribution is 5.87. The smallest absolute Gasteiger partial charge is 0.316 e. The molecule has 4 heteroatoms. The van der Waals surface area contributed by atoms with Crippen LogP contribution in [0.25, 0.3) is 0 Å². The summed E-state index contributed by atoms with van der Waals surface area (Å²) in [6.45, 7) is 1.98. The van der Waals surface area contributed by atoms with E-state index in [0.717, 1.165) is 12.0 Å². The molecule has 1 fully saturated rings. The first-order valence-corrected chi connectivity index (χ1v) is 6.47. The number of ether oxygens (including phenoxy) is 2. The first-order valence-electron chi connectivity index (χ1n) is 6.47. The number of carbonyl (C=O) groups excluding carboxylic acids is 2. The molecule has 2 rings (SSSR count). The van der Waals surface area contributed by atoms with E-state index in [9.17, 15) is 9.59 Å². The van der Waals surface area contributed by atoms with Crippen molar-refractivity contribution in [3.8, 4) is 0 Å². The van der Waals surface area contributed by atoms with Crippen LogP contribution in [0.3, 0.4) is 0 Å². The van der Waals surface area contributed by atoms with Crippen LogP contribution in [-0.2, 0) is 19.1 Å². The second-order valence-corrected chi connectivity index (χ2v) is 4.86. The predicted molar refractivity (Wildman–Crippen MR) is 69.2 cm³/mol. The molecule has 1 saturated heterocycles. The summed E-state index contributed by atoms with van der Waals surface area (Å²) in [6, 6.07) is 9.37. The van der Waals surface area contributed by atoms with Gasteiger partial charge in [-0.2, -0.15) is 0 Å². The SMILES string of the molecule is CCCC1(C(=O)OC)CC(=O)OC1c1ccccc1. The van der Waals surface area contributed by atoms with Crippen molar-refractivity contribution >= 4 is 11.9 Å². The molecule has 4 nitrogen and oxygen atoms in total. The zero-order chi connectivity index (χ0) is 13.9. The zero-order valence-corrected chi connectivity index (χ0v) is 11.2. The van der Waals surface area contributed by atoms with Crippen molar-refractivity contribution in [2.75, 3.05) is 7.11 Å². The molecule has 19 heavy (non-hydrogen) atoms. The Hall–Kier alpha value is -1.84. The fourth-order valence-electron chi connectivity index (χ4n) is 2.80. The number of methoxy groups -OCH3 is 1. The lowest BCUT2D eigenvalue weighted by Crippen LogP contribution is -2.35. The highest BCUT2D eigenvalue weighted by Crippen LogP contribution is 2.49. The van der Waals surface area contributed by atoms with E-state index in [1.807, 2.05) is 37.3 Å². The molecule has 0 aromatic heterocycles. The summed E-state index contributed by atoms with van der Waals surface area (Å²) in [4.78, 5) is 23.9. The van der Waals surface area contributed by atoms with Crippen molar-refractivity contribution in [3.05, 3.63) is 35.9 Å². The molecule has 1 aliphatic heterocycles. The Morgan fingerprint density at radius 2 is 2.11 bits per heavy atom. The fraction of sp³-hybridized carbons (Fsp3) is 0.467. The first kappa shape index (κ1) is 13.6. The lowest BCUT2D eigenvalue weighted by atomic mass is 9.74. The molecular weight excluding hydrogens is 244 g/mol. The quantitative estimate of drug-likeness (QED) is 0.783. The van der Waals surface area contributed by atoms with Gasteiger partial charge >= 0.3 is 11.9 Å². The Morgan fingerprint density at radius 1 is 1.42 bits per heavy atom. The lowest BCUT2D eigenvalue weighted by Gasteiger charge is -2.29. The van der Waals surface area contributed by atoms with Crippen molar-refractivity contribution < 1.29 is 19.1 Å². The van der Waals surface area contributed by atoms with E-state index >= 15 is 0 Å². The molecule has 1 heterocycles. The van der Waals surface area contributed by atoms with Crippen LogP contribution in [0.15, 0.2) is 30.3 Å². The monoisotopic (exact) mass is 262 g/mol. The molecule has 0 aliphatic carbocycles. The average Bonchev–Trinajstić information content (AvgIpc) is 2.77. The lowest BCUT2D eigenvalue weighted by molar-refractivity contribution is -0.157. The normalized spacial score (nSPS) is 26.0. The van der Waals surface area contributed by atoms with Crippen molar-refractivity contribution in [2.24, 2.45) is 5.41 Å². The molecule has 0 N–H and O–H groups in total. The van der Waals surface area contributed by atoms with E-state index in [1.54, 1.807) is 0 Å². The van der Waals surface area contributed by atoms with Gasteiger partial charge in [-0.05, 0) is 12.0 Å². The molecule has 2 atom stereocenters. The number of rotatable bonds is 4. The fourth-order valence-corrected chi connectivity index (χ4v) is 2.80. The van der Waals surface area contributed by atoms with Gasteiger partial charge in [-0.25, -0.2) is 0 Å².